The van der Waals surface area contributed by atoms with Crippen LogP contribution in [-0.4, -0.2) is 26.2 Å². The first-order valence-electron chi connectivity index (χ1n) is 6.14. The maximum absolute atomic E-state index is 12.2. The fraction of sp³-hybridized carbons (Fsp3) is 0.538. The van der Waals surface area contributed by atoms with Crippen molar-refractivity contribution in [3.63, 3.8) is 0 Å². The predicted octanol–water partition coefficient (Wildman–Crippen LogP) is 3.29. The molecule has 1 unspecified atom stereocenters. The normalized spacial score (nSPS) is 14.3. The van der Waals surface area contributed by atoms with Crippen LogP contribution in [0.2, 0.25) is 0 Å². The fourth-order valence-electron chi connectivity index (χ4n) is 1.76. The van der Waals surface area contributed by atoms with E-state index in [0.717, 1.165) is 4.47 Å². The van der Waals surface area contributed by atoms with E-state index in [0.29, 0.717) is 10.9 Å². The van der Waals surface area contributed by atoms with Crippen molar-refractivity contribution in [2.45, 2.75) is 38.2 Å². The molecular weight excluding hydrogens is 410 g/mol. The topological polar surface area (TPSA) is 66.4 Å². The lowest BCUT2D eigenvalue weighted by Gasteiger charge is -2.22. The van der Waals surface area contributed by atoms with E-state index in [4.69, 9.17) is 0 Å². The molecule has 114 valence electrons. The molecule has 0 fully saturated rings. The molecule has 1 aromatic rings. The van der Waals surface area contributed by atoms with Gasteiger partial charge in [0.1, 0.15) is 0 Å². The molecule has 0 aliphatic carbocycles. The molecule has 7 heteroatoms. The minimum absolute atomic E-state index is 0.00209. The Bertz CT molecular complexity index is 567. The number of nitrogens with one attached hydrogen (secondary N) is 1. The first kappa shape index (κ1) is 18.1. The van der Waals surface area contributed by atoms with E-state index in [2.05, 4.69) is 36.6 Å². The van der Waals surface area contributed by atoms with Crippen LogP contribution in [0.15, 0.2) is 32.0 Å². The highest BCUT2D eigenvalue weighted by Crippen LogP contribution is 2.26. The first-order valence-corrected chi connectivity index (χ1v) is 9.21. The zero-order chi connectivity index (χ0) is 15.6. The van der Waals surface area contributed by atoms with Crippen LogP contribution in [0.5, 0.6) is 0 Å². The van der Waals surface area contributed by atoms with Gasteiger partial charge in [0.15, 0.2) is 0 Å². The third-order valence-electron chi connectivity index (χ3n) is 2.54. The first-order chi connectivity index (χ1) is 9.01. The summed E-state index contributed by atoms with van der Waals surface area (Å²) in [6, 6.07) is 4.83. The maximum Gasteiger partial charge on any atom is 0.241 e. The summed E-state index contributed by atoms with van der Waals surface area (Å²) < 4.78 is 28.0. The lowest BCUT2D eigenvalue weighted by atomic mass is 9.89. The molecule has 0 aromatic heterocycles. The monoisotopic (exact) mass is 427 g/mol. The van der Waals surface area contributed by atoms with Crippen molar-refractivity contribution in [2.24, 2.45) is 5.41 Å². The molecule has 0 radical (unpaired) electrons. The molecular formula is C13H19Br2NO3S. The largest absolute Gasteiger partial charge is 0.392 e. The van der Waals surface area contributed by atoms with Crippen molar-refractivity contribution in [2.75, 3.05) is 6.54 Å². The van der Waals surface area contributed by atoms with Crippen LogP contribution >= 0.6 is 31.9 Å². The van der Waals surface area contributed by atoms with Gasteiger partial charge >= 0.3 is 0 Å². The third kappa shape index (κ3) is 5.81. The molecule has 0 aliphatic rings. The zero-order valence-electron chi connectivity index (χ0n) is 11.7. The average Bonchev–Trinajstić information content (AvgIpc) is 2.23. The quantitative estimate of drug-likeness (QED) is 0.756. The second-order valence-corrected chi connectivity index (χ2v) is 9.35. The summed E-state index contributed by atoms with van der Waals surface area (Å²) in [7, 11) is -3.64. The van der Waals surface area contributed by atoms with Gasteiger partial charge in [-0.1, -0.05) is 36.7 Å². The molecule has 0 heterocycles. The van der Waals surface area contributed by atoms with Gasteiger partial charge in [0, 0.05) is 15.5 Å². The zero-order valence-corrected chi connectivity index (χ0v) is 15.6. The Kier molecular flexibility index (Phi) is 6.22. The number of aliphatic hydroxyl groups excluding tert-OH is 1. The average molecular weight is 429 g/mol. The molecule has 0 bridgehead atoms. The highest BCUT2D eigenvalue weighted by molar-refractivity contribution is 9.11. The van der Waals surface area contributed by atoms with E-state index in [9.17, 15) is 13.5 Å². The van der Waals surface area contributed by atoms with Crippen molar-refractivity contribution < 1.29 is 13.5 Å². The third-order valence-corrected chi connectivity index (χ3v) is 5.43. The Morgan fingerprint density at radius 3 is 2.40 bits per heavy atom. The van der Waals surface area contributed by atoms with Crippen molar-refractivity contribution in [1.29, 1.82) is 0 Å². The van der Waals surface area contributed by atoms with Gasteiger partial charge in [0.05, 0.1) is 11.0 Å². The molecule has 20 heavy (non-hydrogen) atoms. The van der Waals surface area contributed by atoms with Crippen molar-refractivity contribution in [3.8, 4) is 0 Å². The lowest BCUT2D eigenvalue weighted by molar-refractivity contribution is 0.125. The van der Waals surface area contributed by atoms with E-state index in [-0.39, 0.29) is 16.9 Å². The Hall–Kier alpha value is 0.0500. The summed E-state index contributed by atoms with van der Waals surface area (Å²) in [6.45, 7) is 5.99. The van der Waals surface area contributed by atoms with Gasteiger partial charge in [0.2, 0.25) is 10.0 Å². The fourth-order valence-corrected chi connectivity index (χ4v) is 4.57. The molecule has 2 N–H and O–H groups in total. The van der Waals surface area contributed by atoms with E-state index >= 15 is 0 Å². The van der Waals surface area contributed by atoms with E-state index in [1.165, 1.54) is 6.07 Å². The number of hydrogen-bond donors (Lipinski definition) is 2. The van der Waals surface area contributed by atoms with E-state index in [1.807, 2.05) is 20.8 Å². The van der Waals surface area contributed by atoms with Gasteiger partial charge in [-0.15, -0.1) is 0 Å². The maximum atomic E-state index is 12.2. The summed E-state index contributed by atoms with van der Waals surface area (Å²) in [5.41, 5.74) is -0.0525. The van der Waals surface area contributed by atoms with Crippen LogP contribution in [-0.2, 0) is 10.0 Å². The van der Waals surface area contributed by atoms with Crippen LogP contribution in [0, 0.1) is 5.41 Å². The van der Waals surface area contributed by atoms with Gasteiger partial charge in [-0.05, 0) is 46.0 Å². The van der Waals surface area contributed by atoms with E-state index in [1.54, 1.807) is 12.1 Å². The van der Waals surface area contributed by atoms with Gasteiger partial charge in [-0.25, -0.2) is 13.1 Å². The van der Waals surface area contributed by atoms with Crippen LogP contribution in [0.25, 0.3) is 0 Å². The second-order valence-electron chi connectivity index (χ2n) is 5.85. The van der Waals surface area contributed by atoms with Crippen LogP contribution in [0.1, 0.15) is 27.2 Å². The minimum atomic E-state index is -3.64. The molecule has 0 saturated heterocycles. The summed E-state index contributed by atoms with van der Waals surface area (Å²) in [4.78, 5) is 0.156. The van der Waals surface area contributed by atoms with Crippen LogP contribution in [0.3, 0.4) is 0 Å². The predicted molar refractivity (Wildman–Crippen MR) is 87.1 cm³/mol. The summed E-state index contributed by atoms with van der Waals surface area (Å²) in [5, 5.41) is 9.86. The molecule has 1 aromatic carbocycles. The Balaban J connectivity index is 2.76. The number of benzene rings is 1. The van der Waals surface area contributed by atoms with Gasteiger partial charge in [0.25, 0.3) is 0 Å². The Morgan fingerprint density at radius 2 is 1.90 bits per heavy atom. The number of rotatable bonds is 5. The lowest BCUT2D eigenvalue weighted by Crippen LogP contribution is -2.34. The smallest absolute Gasteiger partial charge is 0.241 e. The summed E-state index contributed by atoms with van der Waals surface area (Å²) in [6.07, 6.45) is -0.184. The van der Waals surface area contributed by atoms with Crippen molar-refractivity contribution in [3.05, 3.63) is 27.1 Å². The Morgan fingerprint density at radius 1 is 1.30 bits per heavy atom. The molecule has 0 amide bonds. The SMILES string of the molecule is CC(C)(C)CC(O)CNS(=O)(=O)c1ccc(Br)cc1Br. The van der Waals surface area contributed by atoms with E-state index < -0.39 is 16.1 Å². The second kappa shape index (κ2) is 6.87. The molecule has 1 rings (SSSR count). The molecule has 0 saturated carbocycles. The highest BCUT2D eigenvalue weighted by atomic mass is 79.9. The molecule has 0 spiro atoms. The van der Waals surface area contributed by atoms with Gasteiger partial charge in [-0.2, -0.15) is 0 Å². The Labute approximate surface area is 137 Å². The number of halogens is 2. The minimum Gasteiger partial charge on any atom is -0.392 e. The standard InChI is InChI=1S/C13H19Br2NO3S/c1-13(2,3)7-10(17)8-16-20(18,19)12-5-4-9(14)6-11(12)15/h4-6,10,16-17H,7-8H2,1-3H3. The number of aliphatic hydroxyl groups is 1. The van der Waals surface area contributed by atoms with Gasteiger partial charge in [-0.3, -0.25) is 0 Å². The molecule has 0 aliphatic heterocycles. The van der Waals surface area contributed by atoms with Crippen LogP contribution < -0.4 is 4.72 Å². The molecule has 1 atom stereocenters. The number of hydrogen-bond acceptors (Lipinski definition) is 3. The summed E-state index contributed by atoms with van der Waals surface area (Å²) >= 11 is 6.50. The van der Waals surface area contributed by atoms with Crippen molar-refractivity contribution in [1.82, 2.24) is 4.72 Å². The summed E-state index contributed by atoms with van der Waals surface area (Å²) in [5.74, 6) is 0. The molecule has 4 nitrogen and oxygen atoms in total. The van der Waals surface area contributed by atoms with Crippen LogP contribution in [0.4, 0.5) is 0 Å². The van der Waals surface area contributed by atoms with Crippen molar-refractivity contribution >= 4 is 41.9 Å². The van der Waals surface area contributed by atoms with Gasteiger partial charge < -0.3 is 5.11 Å². The number of sulfonamides is 1. The highest BCUT2D eigenvalue weighted by Gasteiger charge is 2.21.